The van der Waals surface area contributed by atoms with Crippen LogP contribution in [-0.2, 0) is 9.53 Å². The van der Waals surface area contributed by atoms with Gasteiger partial charge in [0, 0.05) is 36.8 Å². The predicted molar refractivity (Wildman–Crippen MR) is 163 cm³/mol. The molecule has 41 heavy (non-hydrogen) atoms. The molecule has 9 nitrogen and oxygen atoms in total. The number of nitrogens with one attached hydrogen (secondary N) is 4. The third-order valence-corrected chi connectivity index (χ3v) is 6.91. The van der Waals surface area contributed by atoms with Crippen molar-refractivity contribution in [3.05, 3.63) is 78.1 Å². The highest BCUT2D eigenvalue weighted by Crippen LogP contribution is 2.29. The Kier molecular flexibility index (Phi) is 11.3. The molecule has 216 valence electrons. The molecular weight excluding hydrogens is 516 g/mol. The molecule has 4 rings (SSSR count). The van der Waals surface area contributed by atoms with Gasteiger partial charge < -0.3 is 25.7 Å². The number of unbranched alkanes of at least 4 members (excludes halogenated alkanes) is 3. The van der Waals surface area contributed by atoms with Crippen LogP contribution >= 0.6 is 0 Å². The number of hydrogen-bond acceptors (Lipinski definition) is 7. The van der Waals surface area contributed by atoms with Crippen LogP contribution < -0.4 is 16.0 Å². The first-order chi connectivity index (χ1) is 20.0. The van der Waals surface area contributed by atoms with Crippen molar-refractivity contribution >= 4 is 28.7 Å². The molecule has 0 unspecified atom stereocenters. The Bertz CT molecular complexity index is 1390. The molecule has 0 bridgehead atoms. The van der Waals surface area contributed by atoms with E-state index in [0.717, 1.165) is 60.3 Å². The molecule has 0 saturated carbocycles. The van der Waals surface area contributed by atoms with Gasteiger partial charge >= 0.3 is 5.97 Å². The summed E-state index contributed by atoms with van der Waals surface area (Å²) in [6, 6.07) is 19.9. The van der Waals surface area contributed by atoms with Gasteiger partial charge in [0.15, 0.2) is 0 Å². The fourth-order valence-corrected chi connectivity index (χ4v) is 4.64. The summed E-state index contributed by atoms with van der Waals surface area (Å²) >= 11 is 0. The summed E-state index contributed by atoms with van der Waals surface area (Å²) in [6.45, 7) is 6.53. The second-order valence-corrected chi connectivity index (χ2v) is 10.00. The number of hydrogen-bond donors (Lipinski definition) is 4. The third kappa shape index (κ3) is 8.88. The van der Waals surface area contributed by atoms with E-state index in [1.54, 1.807) is 6.33 Å². The Morgan fingerprint density at radius 3 is 2.49 bits per heavy atom. The van der Waals surface area contributed by atoms with Crippen LogP contribution in [0, 0.1) is 0 Å². The summed E-state index contributed by atoms with van der Waals surface area (Å²) < 4.78 is 4.93. The lowest BCUT2D eigenvalue weighted by Crippen LogP contribution is -2.32. The van der Waals surface area contributed by atoms with E-state index in [9.17, 15) is 9.59 Å². The summed E-state index contributed by atoms with van der Waals surface area (Å²) in [7, 11) is 0. The zero-order valence-corrected chi connectivity index (χ0v) is 23.9. The average Bonchev–Trinajstić information content (AvgIpc) is 3.44. The second-order valence-electron chi connectivity index (χ2n) is 10.00. The van der Waals surface area contributed by atoms with Crippen molar-refractivity contribution in [2.45, 2.75) is 52.0 Å². The number of aromatic nitrogens is 3. The normalized spacial score (nSPS) is 11.8. The number of H-pyrrole nitrogens is 1. The Labute approximate surface area is 241 Å². The summed E-state index contributed by atoms with van der Waals surface area (Å²) in [6.07, 6.45) is 6.05. The minimum atomic E-state index is -0.111. The van der Waals surface area contributed by atoms with Crippen molar-refractivity contribution in [2.24, 2.45) is 0 Å². The van der Waals surface area contributed by atoms with Crippen molar-refractivity contribution in [1.82, 2.24) is 25.6 Å². The summed E-state index contributed by atoms with van der Waals surface area (Å²) in [5, 5.41) is 10.7. The molecule has 0 aliphatic carbocycles. The first-order valence-electron chi connectivity index (χ1n) is 14.5. The summed E-state index contributed by atoms with van der Waals surface area (Å²) in [4.78, 5) is 36.2. The Hall–Kier alpha value is -4.24. The quantitative estimate of drug-likeness (QED) is 0.104. The number of benzene rings is 2. The molecule has 0 aliphatic rings. The zero-order chi connectivity index (χ0) is 28.9. The van der Waals surface area contributed by atoms with E-state index in [4.69, 9.17) is 4.74 Å². The third-order valence-electron chi connectivity index (χ3n) is 6.91. The zero-order valence-electron chi connectivity index (χ0n) is 23.9. The molecular formula is C32H40N6O3. The molecule has 0 radical (unpaired) electrons. The Balaban J connectivity index is 1.21. The monoisotopic (exact) mass is 556 g/mol. The van der Waals surface area contributed by atoms with Crippen molar-refractivity contribution in [2.75, 3.05) is 31.6 Å². The molecule has 9 heteroatoms. The summed E-state index contributed by atoms with van der Waals surface area (Å²) in [5.74, 6) is 0.563. The molecule has 0 aliphatic heterocycles. The van der Waals surface area contributed by atoms with Crippen molar-refractivity contribution < 1.29 is 14.3 Å². The number of carbonyl (C=O) groups excluding carboxylic acids is 2. The molecule has 0 spiro atoms. The Morgan fingerprint density at radius 2 is 1.71 bits per heavy atom. The van der Waals surface area contributed by atoms with E-state index < -0.39 is 0 Å². The fourth-order valence-electron chi connectivity index (χ4n) is 4.64. The van der Waals surface area contributed by atoms with Crippen molar-refractivity contribution in [3.63, 3.8) is 0 Å². The van der Waals surface area contributed by atoms with Crippen LogP contribution in [0.4, 0.5) is 5.82 Å². The molecule has 0 fully saturated rings. The molecule has 4 aromatic rings. The van der Waals surface area contributed by atoms with Crippen molar-refractivity contribution in [3.8, 4) is 11.3 Å². The highest BCUT2D eigenvalue weighted by molar-refractivity contribution is 5.95. The van der Waals surface area contributed by atoms with Gasteiger partial charge in [0.25, 0.3) is 5.91 Å². The van der Waals surface area contributed by atoms with Crippen LogP contribution in [-0.4, -0.2) is 53.1 Å². The standard InChI is InChI=1S/C32H40N6O3/c1-3-41-29(39)13-9-4-5-10-18-33-19-20-34-32(40)26-16-14-25(15-17-26)28-21-27-30(35-22-36-31(27)38-28)37-23(2)24-11-7-6-8-12-24/h6-8,11-12,14-17,21-23,33H,3-5,9-10,13,18-20H2,1-2H3,(H,34,40)(H2,35,36,37,38)/t23-/m1/s1. The van der Waals surface area contributed by atoms with Crippen LogP contribution in [0.3, 0.4) is 0 Å². The van der Waals surface area contributed by atoms with E-state index in [1.165, 1.54) is 5.56 Å². The minimum Gasteiger partial charge on any atom is -0.466 e. The highest BCUT2D eigenvalue weighted by Gasteiger charge is 2.13. The number of ether oxygens (including phenoxy) is 1. The molecule has 1 amide bonds. The summed E-state index contributed by atoms with van der Waals surface area (Å²) in [5.41, 5.74) is 4.42. The van der Waals surface area contributed by atoms with Gasteiger partial charge in [0.2, 0.25) is 0 Å². The van der Waals surface area contributed by atoms with Gasteiger partial charge in [-0.1, -0.05) is 55.3 Å². The van der Waals surface area contributed by atoms with Crippen LogP contribution in [0.2, 0.25) is 0 Å². The maximum absolute atomic E-state index is 12.6. The lowest BCUT2D eigenvalue weighted by atomic mass is 10.1. The van der Waals surface area contributed by atoms with Crippen LogP contribution in [0.1, 0.15) is 67.9 Å². The molecule has 2 aromatic heterocycles. The number of nitrogens with zero attached hydrogens (tertiary/aromatic N) is 2. The number of carbonyl (C=O) groups is 2. The highest BCUT2D eigenvalue weighted by atomic mass is 16.5. The van der Waals surface area contributed by atoms with Gasteiger partial charge in [0.1, 0.15) is 17.8 Å². The maximum Gasteiger partial charge on any atom is 0.305 e. The van der Waals surface area contributed by atoms with Crippen LogP contribution in [0.25, 0.3) is 22.3 Å². The van der Waals surface area contributed by atoms with Crippen LogP contribution in [0.15, 0.2) is 67.0 Å². The molecule has 1 atom stereocenters. The first-order valence-corrected chi connectivity index (χ1v) is 14.5. The van der Waals surface area contributed by atoms with Crippen molar-refractivity contribution in [1.29, 1.82) is 0 Å². The van der Waals surface area contributed by atoms with Gasteiger partial charge in [-0.05, 0) is 62.6 Å². The second kappa shape index (κ2) is 15.5. The SMILES string of the molecule is CCOC(=O)CCCCCCNCCNC(=O)c1ccc(-c2cc3c(N[C@H](C)c4ccccc4)ncnc3[nH]2)cc1. The Morgan fingerprint density at radius 1 is 0.927 bits per heavy atom. The molecule has 2 aromatic carbocycles. The lowest BCUT2D eigenvalue weighted by molar-refractivity contribution is -0.143. The van der Waals surface area contributed by atoms with E-state index in [-0.39, 0.29) is 17.9 Å². The molecule has 4 N–H and O–H groups in total. The minimum absolute atomic E-state index is 0.0923. The lowest BCUT2D eigenvalue weighted by Gasteiger charge is -2.15. The van der Waals surface area contributed by atoms with Gasteiger partial charge in [0.05, 0.1) is 12.0 Å². The first kappa shape index (κ1) is 29.7. The number of anilines is 1. The van der Waals surface area contributed by atoms with Crippen LogP contribution in [0.5, 0.6) is 0 Å². The largest absolute Gasteiger partial charge is 0.466 e. The number of aromatic amines is 1. The number of fused-ring (bicyclic) bond motifs is 1. The van der Waals surface area contributed by atoms with Gasteiger partial charge in [-0.15, -0.1) is 0 Å². The van der Waals surface area contributed by atoms with Gasteiger partial charge in [-0.2, -0.15) is 0 Å². The van der Waals surface area contributed by atoms with Gasteiger partial charge in [-0.25, -0.2) is 9.97 Å². The van der Waals surface area contributed by atoms with E-state index in [0.29, 0.717) is 31.7 Å². The molecule has 2 heterocycles. The predicted octanol–water partition coefficient (Wildman–Crippen LogP) is 5.63. The number of esters is 1. The smallest absolute Gasteiger partial charge is 0.305 e. The van der Waals surface area contributed by atoms with E-state index in [2.05, 4.69) is 50.0 Å². The maximum atomic E-state index is 12.6. The average molecular weight is 557 g/mol. The number of rotatable bonds is 16. The van der Waals surface area contributed by atoms with Gasteiger partial charge in [-0.3, -0.25) is 9.59 Å². The molecule has 0 saturated heterocycles. The fraction of sp³-hybridized carbons (Fsp3) is 0.375. The topological polar surface area (TPSA) is 121 Å². The van der Waals surface area contributed by atoms with E-state index >= 15 is 0 Å². The number of amides is 1. The van der Waals surface area contributed by atoms with E-state index in [1.807, 2.05) is 55.5 Å².